The lowest BCUT2D eigenvalue weighted by Gasteiger charge is -2.35. The van der Waals surface area contributed by atoms with Gasteiger partial charge in [-0.05, 0) is 49.8 Å². The number of carbonyl (C=O) groups excluding carboxylic acids is 2. The van der Waals surface area contributed by atoms with Crippen LogP contribution in [0.2, 0.25) is 0 Å². The van der Waals surface area contributed by atoms with Crippen LogP contribution in [0.5, 0.6) is 0 Å². The van der Waals surface area contributed by atoms with E-state index in [2.05, 4.69) is 5.32 Å². The number of hydrogen-bond donors (Lipinski definition) is 1. The molecule has 1 amide bonds. The van der Waals surface area contributed by atoms with Crippen molar-refractivity contribution in [1.29, 1.82) is 0 Å². The molecule has 3 rings (SSSR count). The van der Waals surface area contributed by atoms with Crippen molar-refractivity contribution in [1.82, 2.24) is 5.32 Å². The van der Waals surface area contributed by atoms with Gasteiger partial charge in [0, 0.05) is 0 Å². The summed E-state index contributed by atoms with van der Waals surface area (Å²) in [5.41, 5.74) is 2.03. The molecule has 7 heteroatoms. The minimum absolute atomic E-state index is 0.168. The van der Waals surface area contributed by atoms with Crippen molar-refractivity contribution < 1.29 is 23.9 Å². The second kappa shape index (κ2) is 9.75. The van der Waals surface area contributed by atoms with Crippen LogP contribution in [0.25, 0.3) is 0 Å². The number of anilines is 1. The fourth-order valence-corrected chi connectivity index (χ4v) is 2.79. The number of nitrogens with zero attached hydrogens (tertiary/aromatic N) is 1. The number of hydrogen-bond acceptors (Lipinski definition) is 6. The molecule has 7 nitrogen and oxygen atoms in total. The summed E-state index contributed by atoms with van der Waals surface area (Å²) >= 11 is 0. The molecule has 29 heavy (non-hydrogen) atoms. The Hall–Kier alpha value is -3.32. The first-order chi connectivity index (χ1) is 14.1. The summed E-state index contributed by atoms with van der Waals surface area (Å²) in [5, 5.41) is 4.35. The molecule has 0 unspecified atom stereocenters. The van der Waals surface area contributed by atoms with Gasteiger partial charge in [-0.1, -0.05) is 36.4 Å². The van der Waals surface area contributed by atoms with Crippen LogP contribution in [0.3, 0.4) is 0 Å². The summed E-state index contributed by atoms with van der Waals surface area (Å²) in [6, 6.07) is 16.2. The number of benzene rings is 2. The predicted molar refractivity (Wildman–Crippen MR) is 108 cm³/mol. The van der Waals surface area contributed by atoms with E-state index in [1.165, 1.54) is 0 Å². The highest BCUT2D eigenvalue weighted by molar-refractivity contribution is 5.89. The third-order valence-corrected chi connectivity index (χ3v) is 4.21. The Bertz CT molecular complexity index is 851. The lowest BCUT2D eigenvalue weighted by Crippen LogP contribution is -2.50. The maximum Gasteiger partial charge on any atom is 0.409 e. The van der Waals surface area contributed by atoms with Crippen molar-refractivity contribution in [3.63, 3.8) is 0 Å². The third-order valence-electron chi connectivity index (χ3n) is 4.21. The second-order valence-corrected chi connectivity index (χ2v) is 6.44. The SMILES string of the molecule is CCOC(=O)c1ccc(N2O[C@@H](C)C=C[C@H]2NC(=O)OCc2ccccc2)cc1. The van der Waals surface area contributed by atoms with E-state index in [-0.39, 0.29) is 18.7 Å². The zero-order valence-corrected chi connectivity index (χ0v) is 16.4. The Kier molecular flexibility index (Phi) is 6.86. The lowest BCUT2D eigenvalue weighted by molar-refractivity contribution is 0.0429. The van der Waals surface area contributed by atoms with Crippen molar-refractivity contribution in [3.05, 3.63) is 77.9 Å². The van der Waals surface area contributed by atoms with Gasteiger partial charge in [-0.25, -0.2) is 14.7 Å². The molecule has 152 valence electrons. The monoisotopic (exact) mass is 396 g/mol. The number of esters is 1. The molecule has 0 saturated carbocycles. The highest BCUT2D eigenvalue weighted by atomic mass is 16.7. The van der Waals surface area contributed by atoms with E-state index in [0.717, 1.165) is 5.56 Å². The first-order valence-electron chi connectivity index (χ1n) is 9.45. The van der Waals surface area contributed by atoms with Crippen LogP contribution >= 0.6 is 0 Å². The molecule has 0 spiro atoms. The average molecular weight is 396 g/mol. The summed E-state index contributed by atoms with van der Waals surface area (Å²) in [6.45, 7) is 4.14. The van der Waals surface area contributed by atoms with Crippen molar-refractivity contribution in [2.45, 2.75) is 32.7 Å². The maximum atomic E-state index is 12.2. The summed E-state index contributed by atoms with van der Waals surface area (Å²) in [6.07, 6.45) is 2.40. The minimum Gasteiger partial charge on any atom is -0.462 e. The number of alkyl carbamates (subject to hydrolysis) is 1. The van der Waals surface area contributed by atoms with E-state index in [4.69, 9.17) is 14.3 Å². The van der Waals surface area contributed by atoms with Crippen LogP contribution in [0.4, 0.5) is 10.5 Å². The Labute approximate surface area is 169 Å². The highest BCUT2D eigenvalue weighted by Crippen LogP contribution is 2.23. The molecule has 2 aromatic carbocycles. The molecular weight excluding hydrogens is 372 g/mol. The average Bonchev–Trinajstić information content (AvgIpc) is 2.74. The molecule has 0 radical (unpaired) electrons. The van der Waals surface area contributed by atoms with E-state index >= 15 is 0 Å². The van der Waals surface area contributed by atoms with E-state index in [1.54, 1.807) is 36.3 Å². The van der Waals surface area contributed by atoms with Crippen LogP contribution in [0.1, 0.15) is 29.8 Å². The number of nitrogens with one attached hydrogen (secondary N) is 1. The molecule has 1 heterocycles. The highest BCUT2D eigenvalue weighted by Gasteiger charge is 2.26. The lowest BCUT2D eigenvalue weighted by atomic mass is 10.2. The number of ether oxygens (including phenoxy) is 2. The molecule has 0 aromatic heterocycles. The third kappa shape index (κ3) is 5.58. The van der Waals surface area contributed by atoms with Gasteiger partial charge in [-0.3, -0.25) is 10.2 Å². The first-order valence-corrected chi connectivity index (χ1v) is 9.45. The molecule has 1 N–H and O–H groups in total. The summed E-state index contributed by atoms with van der Waals surface area (Å²) in [5.74, 6) is -0.383. The van der Waals surface area contributed by atoms with Gasteiger partial charge in [0.25, 0.3) is 0 Å². The van der Waals surface area contributed by atoms with Crippen molar-refractivity contribution in [2.24, 2.45) is 0 Å². The van der Waals surface area contributed by atoms with Gasteiger partial charge in [-0.15, -0.1) is 0 Å². The molecule has 1 aliphatic rings. The van der Waals surface area contributed by atoms with Gasteiger partial charge in [-0.2, -0.15) is 0 Å². The number of hydroxylamine groups is 1. The first kappa shape index (κ1) is 20.4. The van der Waals surface area contributed by atoms with Crippen LogP contribution in [0.15, 0.2) is 66.7 Å². The number of amides is 1. The normalized spacial score (nSPS) is 18.2. The smallest absolute Gasteiger partial charge is 0.409 e. The summed E-state index contributed by atoms with van der Waals surface area (Å²) in [4.78, 5) is 29.9. The standard InChI is InChI=1S/C22H24N2O5/c1-3-27-21(25)18-10-12-19(13-11-18)24-20(14-9-16(2)29-24)23-22(26)28-15-17-7-5-4-6-8-17/h4-14,16,20H,3,15H2,1-2H3,(H,23,26)/t16-,20-/m0/s1. The largest absolute Gasteiger partial charge is 0.462 e. The van der Waals surface area contributed by atoms with E-state index in [9.17, 15) is 9.59 Å². The van der Waals surface area contributed by atoms with Gasteiger partial charge in [0.15, 0.2) is 0 Å². The molecular formula is C22H24N2O5. The molecule has 0 fully saturated rings. The predicted octanol–water partition coefficient (Wildman–Crippen LogP) is 3.81. The van der Waals surface area contributed by atoms with E-state index < -0.39 is 12.3 Å². The van der Waals surface area contributed by atoms with Gasteiger partial charge < -0.3 is 9.47 Å². The zero-order chi connectivity index (χ0) is 20.6. The molecule has 0 saturated heterocycles. The van der Waals surface area contributed by atoms with Crippen LogP contribution in [0, 0.1) is 0 Å². The van der Waals surface area contributed by atoms with E-state index in [0.29, 0.717) is 17.9 Å². The zero-order valence-electron chi connectivity index (χ0n) is 16.4. The fraction of sp³-hybridized carbons (Fsp3) is 0.273. The van der Waals surface area contributed by atoms with Crippen molar-refractivity contribution >= 4 is 17.7 Å². The Morgan fingerprint density at radius 1 is 1.03 bits per heavy atom. The molecule has 0 aliphatic carbocycles. The quantitative estimate of drug-likeness (QED) is 0.591. The number of carbonyl (C=O) groups is 2. The molecule has 2 aromatic rings. The van der Waals surface area contributed by atoms with Crippen LogP contribution in [-0.4, -0.2) is 30.9 Å². The minimum atomic E-state index is -0.560. The molecule has 0 bridgehead atoms. The second-order valence-electron chi connectivity index (χ2n) is 6.44. The van der Waals surface area contributed by atoms with Crippen LogP contribution < -0.4 is 10.4 Å². The van der Waals surface area contributed by atoms with Gasteiger partial charge in [0.1, 0.15) is 18.9 Å². The summed E-state index contributed by atoms with van der Waals surface area (Å²) in [7, 11) is 0. The Balaban J connectivity index is 1.66. The topological polar surface area (TPSA) is 77.1 Å². The van der Waals surface area contributed by atoms with Gasteiger partial charge in [0.2, 0.25) is 0 Å². The van der Waals surface area contributed by atoms with Gasteiger partial charge >= 0.3 is 12.1 Å². The molecule has 1 aliphatic heterocycles. The fourth-order valence-electron chi connectivity index (χ4n) is 2.79. The number of rotatable bonds is 6. The summed E-state index contributed by atoms with van der Waals surface area (Å²) < 4.78 is 10.3. The van der Waals surface area contributed by atoms with Crippen molar-refractivity contribution in [3.8, 4) is 0 Å². The van der Waals surface area contributed by atoms with Crippen molar-refractivity contribution in [2.75, 3.05) is 11.7 Å². The van der Waals surface area contributed by atoms with Gasteiger partial charge in [0.05, 0.1) is 17.9 Å². The van der Waals surface area contributed by atoms with E-state index in [1.807, 2.05) is 49.4 Å². The Morgan fingerprint density at radius 2 is 1.76 bits per heavy atom. The van der Waals surface area contributed by atoms with Crippen LogP contribution in [-0.2, 0) is 20.9 Å². The maximum absolute atomic E-state index is 12.2. The molecule has 2 atom stereocenters. The Morgan fingerprint density at radius 3 is 2.45 bits per heavy atom.